The molecule has 100 valence electrons. The zero-order chi connectivity index (χ0) is 13.8. The number of halogens is 1. The summed E-state index contributed by atoms with van der Waals surface area (Å²) < 4.78 is 5.68. The number of hydrogen-bond acceptors (Lipinski definition) is 5. The van der Waals surface area contributed by atoms with Crippen LogP contribution in [0, 0.1) is 6.92 Å². The van der Waals surface area contributed by atoms with Crippen LogP contribution in [0.1, 0.15) is 22.1 Å². The van der Waals surface area contributed by atoms with Gasteiger partial charge in [0.2, 0.25) is 5.89 Å². The van der Waals surface area contributed by atoms with E-state index in [1.165, 1.54) is 0 Å². The standard InChI is InChI=1S/C12H13BrN4O2/c1-7-16-11(17-19-7)4-5-15-12(18)9-3-2-8(13)6-10(9)14/h2-3,6H,4-5,14H2,1H3,(H,15,18). The Labute approximate surface area is 118 Å². The Morgan fingerprint density at radius 2 is 2.32 bits per heavy atom. The van der Waals surface area contributed by atoms with Crippen LogP contribution in [0.3, 0.4) is 0 Å². The zero-order valence-corrected chi connectivity index (χ0v) is 11.9. The summed E-state index contributed by atoms with van der Waals surface area (Å²) in [6.45, 7) is 2.14. The molecule has 2 rings (SSSR count). The van der Waals surface area contributed by atoms with Gasteiger partial charge in [-0.3, -0.25) is 4.79 Å². The summed E-state index contributed by atoms with van der Waals surface area (Å²) in [5.74, 6) is 0.866. The number of nitrogens with zero attached hydrogens (tertiary/aromatic N) is 2. The van der Waals surface area contributed by atoms with Gasteiger partial charge in [0.05, 0.1) is 5.56 Å². The second-order valence-electron chi connectivity index (χ2n) is 3.97. The topological polar surface area (TPSA) is 94.0 Å². The van der Waals surface area contributed by atoms with Crippen LogP contribution in [-0.4, -0.2) is 22.6 Å². The number of nitrogens with two attached hydrogens (primary N) is 1. The van der Waals surface area contributed by atoms with Crippen LogP contribution in [0.15, 0.2) is 27.2 Å². The third kappa shape index (κ3) is 3.54. The highest BCUT2D eigenvalue weighted by atomic mass is 79.9. The van der Waals surface area contributed by atoms with Gasteiger partial charge < -0.3 is 15.6 Å². The lowest BCUT2D eigenvalue weighted by Crippen LogP contribution is -2.26. The van der Waals surface area contributed by atoms with Gasteiger partial charge in [-0.25, -0.2) is 0 Å². The van der Waals surface area contributed by atoms with Crippen molar-refractivity contribution in [1.29, 1.82) is 0 Å². The Hall–Kier alpha value is -1.89. The van der Waals surface area contributed by atoms with Gasteiger partial charge in [-0.2, -0.15) is 4.98 Å². The number of amides is 1. The molecule has 1 amide bonds. The number of nitrogens with one attached hydrogen (secondary N) is 1. The molecule has 1 aromatic heterocycles. The van der Waals surface area contributed by atoms with Crippen molar-refractivity contribution < 1.29 is 9.32 Å². The van der Waals surface area contributed by atoms with E-state index in [0.29, 0.717) is 35.9 Å². The number of rotatable bonds is 4. The molecule has 0 spiro atoms. The molecule has 7 heteroatoms. The highest BCUT2D eigenvalue weighted by Gasteiger charge is 2.10. The van der Waals surface area contributed by atoms with Gasteiger partial charge in [-0.15, -0.1) is 0 Å². The van der Waals surface area contributed by atoms with Gasteiger partial charge >= 0.3 is 0 Å². The quantitative estimate of drug-likeness (QED) is 0.835. The average molecular weight is 325 g/mol. The van der Waals surface area contributed by atoms with E-state index in [4.69, 9.17) is 10.3 Å². The van der Waals surface area contributed by atoms with Crippen LogP contribution >= 0.6 is 15.9 Å². The Morgan fingerprint density at radius 1 is 1.53 bits per heavy atom. The fourth-order valence-corrected chi connectivity index (χ4v) is 1.95. The summed E-state index contributed by atoms with van der Waals surface area (Å²) in [4.78, 5) is 16.0. The smallest absolute Gasteiger partial charge is 0.253 e. The van der Waals surface area contributed by atoms with Crippen molar-refractivity contribution in [1.82, 2.24) is 15.5 Å². The third-order valence-electron chi connectivity index (χ3n) is 2.46. The fourth-order valence-electron chi connectivity index (χ4n) is 1.57. The van der Waals surface area contributed by atoms with Crippen LogP contribution in [0.4, 0.5) is 5.69 Å². The number of hydrogen-bond donors (Lipinski definition) is 2. The zero-order valence-electron chi connectivity index (χ0n) is 10.3. The van der Waals surface area contributed by atoms with Gasteiger partial charge in [-0.05, 0) is 18.2 Å². The minimum Gasteiger partial charge on any atom is -0.398 e. The van der Waals surface area contributed by atoms with E-state index in [1.807, 2.05) is 0 Å². The molecule has 0 saturated carbocycles. The lowest BCUT2D eigenvalue weighted by Gasteiger charge is -2.06. The first kappa shape index (κ1) is 13.5. The third-order valence-corrected chi connectivity index (χ3v) is 2.96. The Kier molecular flexibility index (Phi) is 4.16. The molecule has 0 aliphatic heterocycles. The summed E-state index contributed by atoms with van der Waals surface area (Å²) in [6.07, 6.45) is 0.513. The molecule has 19 heavy (non-hydrogen) atoms. The monoisotopic (exact) mass is 324 g/mol. The molecule has 0 unspecified atom stereocenters. The van der Waals surface area contributed by atoms with Crippen LogP contribution in [0.25, 0.3) is 0 Å². The van der Waals surface area contributed by atoms with E-state index in [0.717, 1.165) is 4.47 Å². The maximum atomic E-state index is 11.9. The second-order valence-corrected chi connectivity index (χ2v) is 4.88. The van der Waals surface area contributed by atoms with Crippen molar-refractivity contribution in [3.63, 3.8) is 0 Å². The molecular weight excluding hydrogens is 312 g/mol. The van der Waals surface area contributed by atoms with Crippen molar-refractivity contribution >= 4 is 27.5 Å². The van der Waals surface area contributed by atoms with Crippen molar-refractivity contribution in [2.24, 2.45) is 0 Å². The van der Waals surface area contributed by atoms with Crippen molar-refractivity contribution in [2.45, 2.75) is 13.3 Å². The molecule has 0 radical (unpaired) electrons. The average Bonchev–Trinajstić information content (AvgIpc) is 2.75. The Balaban J connectivity index is 1.90. The van der Waals surface area contributed by atoms with Gasteiger partial charge in [0.15, 0.2) is 5.82 Å². The summed E-state index contributed by atoms with van der Waals surface area (Å²) >= 11 is 3.29. The van der Waals surface area contributed by atoms with E-state index < -0.39 is 0 Å². The number of carbonyl (C=O) groups is 1. The number of aromatic nitrogens is 2. The number of nitrogen functional groups attached to an aromatic ring is 1. The minimum absolute atomic E-state index is 0.217. The summed E-state index contributed by atoms with van der Waals surface area (Å²) in [7, 11) is 0. The Morgan fingerprint density at radius 3 is 2.95 bits per heavy atom. The number of carbonyl (C=O) groups excluding carboxylic acids is 1. The highest BCUT2D eigenvalue weighted by Crippen LogP contribution is 2.18. The van der Waals surface area contributed by atoms with E-state index in [1.54, 1.807) is 25.1 Å². The van der Waals surface area contributed by atoms with Crippen LogP contribution in [0.2, 0.25) is 0 Å². The van der Waals surface area contributed by atoms with Gasteiger partial charge in [0, 0.05) is 30.0 Å². The van der Waals surface area contributed by atoms with Crippen LogP contribution in [-0.2, 0) is 6.42 Å². The molecule has 3 N–H and O–H groups in total. The molecule has 0 saturated heterocycles. The van der Waals surface area contributed by atoms with Gasteiger partial charge in [0.25, 0.3) is 5.91 Å². The molecule has 2 aromatic rings. The minimum atomic E-state index is -0.217. The molecule has 0 atom stereocenters. The molecule has 0 aliphatic rings. The molecule has 6 nitrogen and oxygen atoms in total. The lowest BCUT2D eigenvalue weighted by molar-refractivity contribution is 0.0955. The molecule has 1 heterocycles. The predicted octanol–water partition coefficient (Wildman–Crippen LogP) is 1.70. The first-order valence-electron chi connectivity index (χ1n) is 5.68. The molecule has 1 aromatic carbocycles. The number of anilines is 1. The van der Waals surface area contributed by atoms with Gasteiger partial charge in [0.1, 0.15) is 0 Å². The molecule has 0 fully saturated rings. The van der Waals surface area contributed by atoms with Crippen molar-refractivity contribution in [3.8, 4) is 0 Å². The van der Waals surface area contributed by atoms with Crippen LogP contribution in [0.5, 0.6) is 0 Å². The SMILES string of the molecule is Cc1nc(CCNC(=O)c2ccc(Br)cc2N)no1. The van der Waals surface area contributed by atoms with Crippen molar-refractivity contribution in [3.05, 3.63) is 40.0 Å². The predicted molar refractivity (Wildman–Crippen MR) is 73.6 cm³/mol. The normalized spacial score (nSPS) is 10.4. The highest BCUT2D eigenvalue weighted by molar-refractivity contribution is 9.10. The summed E-state index contributed by atoms with van der Waals surface area (Å²) in [5.41, 5.74) is 6.66. The summed E-state index contributed by atoms with van der Waals surface area (Å²) in [5, 5.41) is 6.51. The number of aryl methyl sites for hydroxylation is 1. The first-order valence-corrected chi connectivity index (χ1v) is 6.48. The van der Waals surface area contributed by atoms with E-state index in [2.05, 4.69) is 31.4 Å². The van der Waals surface area contributed by atoms with E-state index >= 15 is 0 Å². The largest absolute Gasteiger partial charge is 0.398 e. The number of benzene rings is 1. The first-order chi connectivity index (χ1) is 9.06. The summed E-state index contributed by atoms with van der Waals surface area (Å²) in [6, 6.07) is 5.14. The molecule has 0 aliphatic carbocycles. The Bertz CT molecular complexity index is 597. The molecular formula is C12H13BrN4O2. The van der Waals surface area contributed by atoms with Gasteiger partial charge in [-0.1, -0.05) is 21.1 Å². The maximum absolute atomic E-state index is 11.9. The van der Waals surface area contributed by atoms with Crippen molar-refractivity contribution in [2.75, 3.05) is 12.3 Å². The lowest BCUT2D eigenvalue weighted by atomic mass is 10.1. The maximum Gasteiger partial charge on any atom is 0.253 e. The molecule has 0 bridgehead atoms. The second kappa shape index (κ2) is 5.83. The van der Waals surface area contributed by atoms with E-state index in [-0.39, 0.29) is 5.91 Å². The fraction of sp³-hybridized carbons (Fsp3) is 0.250. The van der Waals surface area contributed by atoms with Crippen LogP contribution < -0.4 is 11.1 Å². The van der Waals surface area contributed by atoms with E-state index in [9.17, 15) is 4.79 Å².